The first-order valence-corrected chi connectivity index (χ1v) is 7.64. The molecule has 0 unspecified atom stereocenters. The number of sulfonamides is 1. The van der Waals surface area contributed by atoms with Crippen LogP contribution in [0, 0.1) is 0 Å². The number of hydrogen-bond acceptors (Lipinski definition) is 3. The number of carboxylic acid groups (broad SMARTS) is 1. The fraction of sp³-hybridized carbons (Fsp3) is 0.462. The van der Waals surface area contributed by atoms with E-state index in [4.69, 9.17) is 5.11 Å². The average molecular weight is 285 g/mol. The van der Waals surface area contributed by atoms with E-state index in [1.165, 1.54) is 0 Å². The molecule has 19 heavy (non-hydrogen) atoms. The van der Waals surface area contributed by atoms with Gasteiger partial charge in [-0.3, -0.25) is 9.52 Å². The third-order valence-electron chi connectivity index (χ3n) is 2.91. The SMILES string of the molecule is CCS(=O)(=O)Nc1ccc(C(C)(C)CC(=O)O)cc1. The Bertz CT molecular complexity index is 547. The monoisotopic (exact) mass is 285 g/mol. The number of nitrogens with one attached hydrogen (secondary N) is 1. The Kier molecular flexibility index (Phi) is 4.57. The van der Waals surface area contributed by atoms with Crippen molar-refractivity contribution in [1.29, 1.82) is 0 Å². The smallest absolute Gasteiger partial charge is 0.304 e. The highest BCUT2D eigenvalue weighted by atomic mass is 32.2. The molecular formula is C13H19NO4S. The number of hydrogen-bond donors (Lipinski definition) is 2. The van der Waals surface area contributed by atoms with Crippen LogP contribution < -0.4 is 4.72 Å². The van der Waals surface area contributed by atoms with Crippen LogP contribution in [0.2, 0.25) is 0 Å². The van der Waals surface area contributed by atoms with Crippen molar-refractivity contribution in [3.05, 3.63) is 29.8 Å². The Morgan fingerprint density at radius 3 is 2.21 bits per heavy atom. The minimum Gasteiger partial charge on any atom is -0.481 e. The third-order valence-corrected chi connectivity index (χ3v) is 4.22. The first-order chi connectivity index (χ1) is 8.66. The summed E-state index contributed by atoms with van der Waals surface area (Å²) in [7, 11) is -3.28. The molecule has 6 heteroatoms. The van der Waals surface area contributed by atoms with Crippen molar-refractivity contribution in [2.45, 2.75) is 32.6 Å². The minimum atomic E-state index is -3.28. The molecule has 106 valence electrons. The van der Waals surface area contributed by atoms with Crippen LogP contribution in [0.1, 0.15) is 32.8 Å². The van der Waals surface area contributed by atoms with Crippen LogP contribution in [0.4, 0.5) is 5.69 Å². The highest BCUT2D eigenvalue weighted by Gasteiger charge is 2.24. The van der Waals surface area contributed by atoms with Crippen molar-refractivity contribution < 1.29 is 18.3 Å². The topological polar surface area (TPSA) is 83.5 Å². The van der Waals surface area contributed by atoms with Gasteiger partial charge in [-0.1, -0.05) is 26.0 Å². The van der Waals surface area contributed by atoms with Gasteiger partial charge in [0.15, 0.2) is 0 Å². The fourth-order valence-electron chi connectivity index (χ4n) is 1.72. The molecule has 0 aromatic heterocycles. The van der Waals surface area contributed by atoms with E-state index in [-0.39, 0.29) is 12.2 Å². The van der Waals surface area contributed by atoms with Gasteiger partial charge in [-0.25, -0.2) is 8.42 Å². The van der Waals surface area contributed by atoms with E-state index in [2.05, 4.69) is 4.72 Å². The molecule has 0 fully saturated rings. The van der Waals surface area contributed by atoms with Crippen LogP contribution in [0.15, 0.2) is 24.3 Å². The van der Waals surface area contributed by atoms with Crippen LogP contribution in [-0.4, -0.2) is 25.2 Å². The van der Waals surface area contributed by atoms with Crippen LogP contribution in [0.5, 0.6) is 0 Å². The lowest BCUT2D eigenvalue weighted by Gasteiger charge is -2.23. The zero-order valence-electron chi connectivity index (χ0n) is 11.3. The van der Waals surface area contributed by atoms with Gasteiger partial charge in [-0.15, -0.1) is 0 Å². The van der Waals surface area contributed by atoms with E-state index in [0.29, 0.717) is 5.69 Å². The van der Waals surface area contributed by atoms with Gasteiger partial charge in [0, 0.05) is 11.1 Å². The van der Waals surface area contributed by atoms with E-state index < -0.39 is 21.4 Å². The second-order valence-electron chi connectivity index (χ2n) is 5.04. The number of aliphatic carboxylic acids is 1. The molecule has 1 rings (SSSR count). The zero-order valence-corrected chi connectivity index (χ0v) is 12.1. The molecule has 0 saturated carbocycles. The predicted molar refractivity (Wildman–Crippen MR) is 74.8 cm³/mol. The Hall–Kier alpha value is -1.56. The lowest BCUT2D eigenvalue weighted by atomic mass is 9.81. The summed E-state index contributed by atoms with van der Waals surface area (Å²) in [6.07, 6.45) is 0.0209. The maximum Gasteiger partial charge on any atom is 0.304 e. The highest BCUT2D eigenvalue weighted by Crippen LogP contribution is 2.28. The number of carboxylic acids is 1. The zero-order chi connectivity index (χ0) is 14.7. The van der Waals surface area contributed by atoms with Gasteiger partial charge >= 0.3 is 5.97 Å². The van der Waals surface area contributed by atoms with E-state index in [1.807, 2.05) is 13.8 Å². The van der Waals surface area contributed by atoms with Gasteiger partial charge in [0.25, 0.3) is 0 Å². The van der Waals surface area contributed by atoms with Gasteiger partial charge in [0.05, 0.1) is 12.2 Å². The fourth-order valence-corrected chi connectivity index (χ4v) is 2.36. The maximum atomic E-state index is 11.4. The van der Waals surface area contributed by atoms with Crippen molar-refractivity contribution in [2.75, 3.05) is 10.5 Å². The molecule has 0 aliphatic carbocycles. The average Bonchev–Trinajstić information content (AvgIpc) is 2.27. The molecule has 2 N–H and O–H groups in total. The predicted octanol–water partition coefficient (Wildman–Crippen LogP) is 2.20. The lowest BCUT2D eigenvalue weighted by molar-refractivity contribution is -0.138. The summed E-state index contributed by atoms with van der Waals surface area (Å²) >= 11 is 0. The molecule has 0 radical (unpaired) electrons. The number of rotatable bonds is 6. The maximum absolute atomic E-state index is 11.4. The van der Waals surface area contributed by atoms with Gasteiger partial charge in [-0.2, -0.15) is 0 Å². The first-order valence-electron chi connectivity index (χ1n) is 5.99. The molecule has 1 aromatic carbocycles. The molecule has 0 aliphatic heterocycles. The number of benzene rings is 1. The third kappa shape index (κ3) is 4.55. The molecule has 5 nitrogen and oxygen atoms in total. The molecular weight excluding hydrogens is 266 g/mol. The Labute approximate surface area is 113 Å². The summed E-state index contributed by atoms with van der Waals surface area (Å²) in [5.74, 6) is -0.847. The summed E-state index contributed by atoms with van der Waals surface area (Å²) in [4.78, 5) is 10.8. The Balaban J connectivity index is 2.90. The summed E-state index contributed by atoms with van der Waals surface area (Å²) < 4.78 is 25.3. The van der Waals surface area contributed by atoms with E-state index >= 15 is 0 Å². The molecule has 0 heterocycles. The second-order valence-corrected chi connectivity index (χ2v) is 7.05. The van der Waals surface area contributed by atoms with Gasteiger partial charge in [0.2, 0.25) is 10.0 Å². The molecule has 0 atom stereocenters. The quantitative estimate of drug-likeness (QED) is 0.839. The van der Waals surface area contributed by atoms with E-state index in [9.17, 15) is 13.2 Å². The van der Waals surface area contributed by atoms with Crippen molar-refractivity contribution in [2.24, 2.45) is 0 Å². The van der Waals surface area contributed by atoms with Crippen molar-refractivity contribution in [3.63, 3.8) is 0 Å². The molecule has 0 bridgehead atoms. The van der Waals surface area contributed by atoms with Crippen molar-refractivity contribution in [1.82, 2.24) is 0 Å². The standard InChI is InChI=1S/C13H19NO4S/c1-4-19(17,18)14-11-7-5-10(6-8-11)13(2,3)9-12(15)16/h5-8,14H,4,9H2,1-3H3,(H,15,16). The molecule has 0 amide bonds. The Morgan fingerprint density at radius 2 is 1.79 bits per heavy atom. The van der Waals surface area contributed by atoms with Crippen LogP contribution in [-0.2, 0) is 20.2 Å². The molecule has 0 aliphatic rings. The van der Waals surface area contributed by atoms with Crippen molar-refractivity contribution >= 4 is 21.7 Å². The first kappa shape index (κ1) is 15.5. The molecule has 1 aromatic rings. The summed E-state index contributed by atoms with van der Waals surface area (Å²) in [5, 5.41) is 8.86. The molecule has 0 spiro atoms. The molecule has 0 saturated heterocycles. The van der Waals surface area contributed by atoms with Gasteiger partial charge in [-0.05, 0) is 24.6 Å². The van der Waals surface area contributed by atoms with Crippen LogP contribution in [0.3, 0.4) is 0 Å². The highest BCUT2D eigenvalue weighted by molar-refractivity contribution is 7.92. The van der Waals surface area contributed by atoms with Gasteiger partial charge < -0.3 is 5.11 Å². The Morgan fingerprint density at radius 1 is 1.26 bits per heavy atom. The lowest BCUT2D eigenvalue weighted by Crippen LogP contribution is -2.21. The number of carbonyl (C=O) groups is 1. The normalized spacial score (nSPS) is 12.2. The van der Waals surface area contributed by atoms with E-state index in [1.54, 1.807) is 31.2 Å². The minimum absolute atomic E-state index is 0.0132. The largest absolute Gasteiger partial charge is 0.481 e. The van der Waals surface area contributed by atoms with Crippen LogP contribution >= 0.6 is 0 Å². The second kappa shape index (κ2) is 5.61. The van der Waals surface area contributed by atoms with E-state index in [0.717, 1.165) is 5.56 Å². The summed E-state index contributed by atoms with van der Waals surface area (Å²) in [5.41, 5.74) is 0.847. The summed E-state index contributed by atoms with van der Waals surface area (Å²) in [6, 6.07) is 6.78. The van der Waals surface area contributed by atoms with Crippen LogP contribution in [0.25, 0.3) is 0 Å². The number of anilines is 1. The summed E-state index contributed by atoms with van der Waals surface area (Å²) in [6.45, 7) is 5.24. The van der Waals surface area contributed by atoms with Crippen molar-refractivity contribution in [3.8, 4) is 0 Å². The van der Waals surface area contributed by atoms with Gasteiger partial charge in [0.1, 0.15) is 0 Å².